The van der Waals surface area contributed by atoms with Gasteiger partial charge in [0.1, 0.15) is 6.04 Å². The number of sulfonamides is 1. The lowest BCUT2D eigenvalue weighted by Gasteiger charge is -2.20. The zero-order valence-electron chi connectivity index (χ0n) is 19.5. The molecule has 1 amide bonds. The van der Waals surface area contributed by atoms with Crippen molar-refractivity contribution in [1.29, 1.82) is 0 Å². The van der Waals surface area contributed by atoms with E-state index >= 15 is 0 Å². The van der Waals surface area contributed by atoms with Gasteiger partial charge >= 0.3 is 5.97 Å². The predicted molar refractivity (Wildman–Crippen MR) is 133 cm³/mol. The number of anilines is 2. The van der Waals surface area contributed by atoms with Crippen molar-refractivity contribution >= 4 is 39.0 Å². The summed E-state index contributed by atoms with van der Waals surface area (Å²) in [4.78, 5) is 34.9. The van der Waals surface area contributed by atoms with Gasteiger partial charge in [-0.3, -0.25) is 19.7 Å². The molecule has 4 N–H and O–H groups in total. The summed E-state index contributed by atoms with van der Waals surface area (Å²) < 4.78 is 47.7. The molecule has 0 radical (unpaired) electrons. The van der Waals surface area contributed by atoms with Crippen LogP contribution in [0.15, 0.2) is 71.6 Å². The molecule has 194 valence electrons. The Hall–Kier alpha value is -4.36. The van der Waals surface area contributed by atoms with Crippen molar-refractivity contribution in [3.63, 3.8) is 0 Å². The van der Waals surface area contributed by atoms with E-state index in [0.717, 1.165) is 30.3 Å². The minimum absolute atomic E-state index is 0.0451. The first-order valence-electron chi connectivity index (χ1n) is 10.9. The third kappa shape index (κ3) is 7.08. The lowest BCUT2D eigenvalue weighted by molar-refractivity contribution is -0.384. The van der Waals surface area contributed by atoms with Gasteiger partial charge in [-0.05, 0) is 48.4 Å². The molecule has 13 heteroatoms. The minimum atomic E-state index is -4.33. The molecule has 3 aromatic rings. The maximum atomic E-state index is 14.4. The summed E-state index contributed by atoms with van der Waals surface area (Å²) in [7, 11) is -4.33. The number of nitrogen functional groups attached to an aromatic ring is 1. The van der Waals surface area contributed by atoms with Gasteiger partial charge in [-0.1, -0.05) is 25.1 Å². The number of hydrogen-bond acceptors (Lipinski definition) is 8. The number of hydrogen-bond donors (Lipinski definition) is 3. The van der Waals surface area contributed by atoms with Crippen molar-refractivity contribution in [3.8, 4) is 5.75 Å². The van der Waals surface area contributed by atoms with Crippen LogP contribution in [0.2, 0.25) is 0 Å². The van der Waals surface area contributed by atoms with Crippen molar-refractivity contribution in [1.82, 2.24) is 4.72 Å². The molecular weight excluding hydrogens is 507 g/mol. The van der Waals surface area contributed by atoms with Crippen LogP contribution in [0, 0.1) is 15.9 Å². The van der Waals surface area contributed by atoms with Gasteiger partial charge in [0.05, 0.1) is 15.5 Å². The Balaban J connectivity index is 1.93. The molecule has 0 aromatic heterocycles. The monoisotopic (exact) mass is 530 g/mol. The van der Waals surface area contributed by atoms with E-state index in [1.165, 1.54) is 19.1 Å². The summed E-state index contributed by atoms with van der Waals surface area (Å²) in [5.74, 6) is -3.02. The first-order chi connectivity index (χ1) is 17.5. The van der Waals surface area contributed by atoms with Crippen LogP contribution >= 0.6 is 0 Å². The molecule has 1 atom stereocenters. The summed E-state index contributed by atoms with van der Waals surface area (Å²) in [6.45, 7) is 1.51. The Morgan fingerprint density at radius 2 is 1.73 bits per heavy atom. The molecule has 0 bridgehead atoms. The number of ether oxygens (including phenoxy) is 1. The number of halogens is 1. The Morgan fingerprint density at radius 3 is 2.32 bits per heavy atom. The maximum Gasteiger partial charge on any atom is 0.311 e. The van der Waals surface area contributed by atoms with Crippen molar-refractivity contribution in [2.75, 3.05) is 11.1 Å². The Morgan fingerprint density at radius 1 is 1.08 bits per heavy atom. The van der Waals surface area contributed by atoms with E-state index < -0.39 is 44.4 Å². The SMILES string of the molecule is CCC(=O)Oc1c(F)cccc1NC(=O)[C@H](Cc1ccc(N)cc1)NS(=O)(=O)c1ccc([N+](=O)[O-])cc1. The molecule has 0 fully saturated rings. The summed E-state index contributed by atoms with van der Waals surface area (Å²) in [5.41, 5.74) is 6.22. The van der Waals surface area contributed by atoms with E-state index in [-0.39, 0.29) is 29.1 Å². The number of nitro benzene ring substituents is 1. The smallest absolute Gasteiger partial charge is 0.311 e. The zero-order valence-corrected chi connectivity index (χ0v) is 20.3. The highest BCUT2D eigenvalue weighted by Gasteiger charge is 2.28. The van der Waals surface area contributed by atoms with Crippen LogP contribution in [0.1, 0.15) is 18.9 Å². The van der Waals surface area contributed by atoms with Crippen LogP contribution in [-0.4, -0.2) is 31.3 Å². The molecular formula is C24H23FN4O7S. The molecule has 0 aliphatic carbocycles. The lowest BCUT2D eigenvalue weighted by Crippen LogP contribution is -2.45. The Kier molecular flexibility index (Phi) is 8.52. The minimum Gasteiger partial charge on any atom is -0.421 e. The number of carbonyl (C=O) groups excluding carboxylic acids is 2. The van der Waals surface area contributed by atoms with E-state index in [0.29, 0.717) is 11.3 Å². The number of esters is 1. The standard InChI is InChI=1S/C24H23FN4O7S/c1-2-22(30)36-23-19(25)4-3-5-20(23)27-24(31)21(14-15-6-8-16(26)9-7-15)28-37(34,35)18-12-10-17(11-13-18)29(32)33/h3-13,21,28H,2,14,26H2,1H3,(H,27,31)/t21-/m0/s1. The van der Waals surface area contributed by atoms with Gasteiger partial charge in [0.25, 0.3) is 5.69 Å². The maximum absolute atomic E-state index is 14.4. The first kappa shape index (κ1) is 27.2. The number of nitrogens with two attached hydrogens (primary N) is 1. The first-order valence-corrected chi connectivity index (χ1v) is 12.4. The Bertz CT molecular complexity index is 1410. The second-order valence-electron chi connectivity index (χ2n) is 7.80. The number of rotatable bonds is 10. The number of amides is 1. The summed E-state index contributed by atoms with van der Waals surface area (Å²) in [6.07, 6.45) is -0.172. The third-order valence-electron chi connectivity index (χ3n) is 5.12. The molecule has 0 aliphatic heterocycles. The van der Waals surface area contributed by atoms with Crippen LogP contribution < -0.4 is 20.5 Å². The van der Waals surface area contributed by atoms with Gasteiger partial charge in [0, 0.05) is 24.2 Å². The molecule has 0 saturated carbocycles. The summed E-state index contributed by atoms with van der Waals surface area (Å²) >= 11 is 0. The van der Waals surface area contributed by atoms with Crippen molar-refractivity contribution in [3.05, 3.63) is 88.2 Å². The second kappa shape index (κ2) is 11.6. The zero-order chi connectivity index (χ0) is 27.2. The van der Waals surface area contributed by atoms with E-state index in [2.05, 4.69) is 10.0 Å². The summed E-state index contributed by atoms with van der Waals surface area (Å²) in [6, 6.07) is 12.7. The summed E-state index contributed by atoms with van der Waals surface area (Å²) in [5, 5.41) is 13.3. The average Bonchev–Trinajstić information content (AvgIpc) is 2.86. The number of para-hydroxylation sites is 1. The highest BCUT2D eigenvalue weighted by atomic mass is 32.2. The third-order valence-corrected chi connectivity index (χ3v) is 6.61. The number of benzene rings is 3. The van der Waals surface area contributed by atoms with Crippen molar-refractivity contribution in [2.24, 2.45) is 0 Å². The molecule has 0 heterocycles. The van der Waals surface area contributed by atoms with E-state index in [1.807, 2.05) is 0 Å². The van der Waals surface area contributed by atoms with Crippen LogP contribution in [0.25, 0.3) is 0 Å². The van der Waals surface area contributed by atoms with E-state index in [9.17, 15) is 32.5 Å². The fourth-order valence-electron chi connectivity index (χ4n) is 3.20. The largest absolute Gasteiger partial charge is 0.421 e. The van der Waals surface area contributed by atoms with Crippen LogP contribution in [-0.2, 0) is 26.0 Å². The van der Waals surface area contributed by atoms with E-state index in [4.69, 9.17) is 10.5 Å². The molecule has 0 aliphatic rings. The number of nitrogens with one attached hydrogen (secondary N) is 2. The topological polar surface area (TPSA) is 171 Å². The van der Waals surface area contributed by atoms with Crippen molar-refractivity contribution < 1.29 is 32.1 Å². The molecule has 11 nitrogen and oxygen atoms in total. The van der Waals surface area contributed by atoms with Gasteiger partial charge in [-0.2, -0.15) is 4.72 Å². The van der Waals surface area contributed by atoms with Crippen LogP contribution in [0.4, 0.5) is 21.5 Å². The molecule has 0 unspecified atom stereocenters. The lowest BCUT2D eigenvalue weighted by atomic mass is 10.1. The highest BCUT2D eigenvalue weighted by molar-refractivity contribution is 7.89. The predicted octanol–water partition coefficient (Wildman–Crippen LogP) is 3.16. The average molecular weight is 531 g/mol. The highest BCUT2D eigenvalue weighted by Crippen LogP contribution is 2.28. The normalized spacial score (nSPS) is 11.9. The quantitative estimate of drug-likeness (QED) is 0.118. The van der Waals surface area contributed by atoms with Crippen molar-refractivity contribution in [2.45, 2.75) is 30.7 Å². The van der Waals surface area contributed by atoms with Gasteiger partial charge in [0.2, 0.25) is 15.9 Å². The number of non-ortho nitro benzene ring substituents is 1. The number of nitrogens with zero attached hydrogens (tertiary/aromatic N) is 1. The molecule has 0 spiro atoms. The molecule has 0 saturated heterocycles. The fraction of sp³-hybridized carbons (Fsp3) is 0.167. The molecule has 3 aromatic carbocycles. The molecule has 37 heavy (non-hydrogen) atoms. The Labute approximate surface area is 211 Å². The van der Waals surface area contributed by atoms with Gasteiger partial charge in [0.15, 0.2) is 11.6 Å². The van der Waals surface area contributed by atoms with Gasteiger partial charge in [-0.15, -0.1) is 0 Å². The fourth-order valence-corrected chi connectivity index (χ4v) is 4.39. The van der Waals surface area contributed by atoms with Crippen LogP contribution in [0.3, 0.4) is 0 Å². The van der Waals surface area contributed by atoms with Gasteiger partial charge in [-0.25, -0.2) is 12.8 Å². The van der Waals surface area contributed by atoms with Gasteiger partial charge < -0.3 is 15.8 Å². The van der Waals surface area contributed by atoms with E-state index in [1.54, 1.807) is 24.3 Å². The number of nitro groups is 1. The molecule has 3 rings (SSSR count). The van der Waals surface area contributed by atoms with Crippen LogP contribution in [0.5, 0.6) is 5.75 Å². The second-order valence-corrected chi connectivity index (χ2v) is 9.52. The number of carbonyl (C=O) groups is 2.